The predicted molar refractivity (Wildman–Crippen MR) is 84.4 cm³/mol. The summed E-state index contributed by atoms with van der Waals surface area (Å²) in [6, 6.07) is 5.86. The number of amides is 1. The number of oxazole rings is 1. The Morgan fingerprint density at radius 3 is 2.95 bits per heavy atom. The fraction of sp³-hybridized carbons (Fsp3) is 0.500. The molecule has 1 saturated heterocycles. The van der Waals surface area contributed by atoms with Gasteiger partial charge in [-0.2, -0.15) is 0 Å². The number of aromatic nitrogens is 1. The lowest BCUT2D eigenvalue weighted by molar-refractivity contribution is 0.0706. The largest absolute Gasteiger partial charge is 0.429 e. The minimum Gasteiger partial charge on any atom is -0.429 e. The van der Waals surface area contributed by atoms with Crippen molar-refractivity contribution in [3.8, 4) is 0 Å². The van der Waals surface area contributed by atoms with E-state index in [0.29, 0.717) is 27.9 Å². The van der Waals surface area contributed by atoms with Crippen LogP contribution in [0.4, 0.5) is 0 Å². The minimum absolute atomic E-state index is 0.0821. The van der Waals surface area contributed by atoms with E-state index in [2.05, 4.69) is 4.98 Å². The number of carbonyl (C=O) groups excluding carboxylic acids is 1. The van der Waals surface area contributed by atoms with Crippen molar-refractivity contribution in [1.29, 1.82) is 0 Å². The van der Waals surface area contributed by atoms with Crippen molar-refractivity contribution in [1.82, 2.24) is 9.88 Å². The molecule has 1 N–H and O–H groups in total. The van der Waals surface area contributed by atoms with E-state index in [1.54, 1.807) is 6.07 Å². The Labute approximate surface area is 133 Å². The van der Waals surface area contributed by atoms with Crippen LogP contribution in [0.15, 0.2) is 22.6 Å². The molecule has 2 aliphatic rings. The summed E-state index contributed by atoms with van der Waals surface area (Å²) in [6.45, 7) is 2.37. The highest BCUT2D eigenvalue weighted by atomic mass is 32.1. The van der Waals surface area contributed by atoms with Crippen molar-refractivity contribution in [2.75, 3.05) is 19.8 Å². The van der Waals surface area contributed by atoms with Crippen LogP contribution in [-0.2, 0) is 4.74 Å². The average Bonchev–Trinajstić information content (AvgIpc) is 3.08. The number of carbonyl (C=O) groups is 1. The van der Waals surface area contributed by atoms with E-state index in [-0.39, 0.29) is 5.91 Å². The number of nitrogens with one attached hydrogen (secondary N) is 1. The third kappa shape index (κ3) is 2.68. The molecule has 0 bridgehead atoms. The quantitative estimate of drug-likeness (QED) is 0.880. The number of ether oxygens (including phenoxy) is 1. The highest BCUT2D eigenvalue weighted by Crippen LogP contribution is 2.30. The first-order chi connectivity index (χ1) is 10.7. The first kappa shape index (κ1) is 14.0. The number of aromatic amines is 1. The van der Waals surface area contributed by atoms with Gasteiger partial charge in [0.1, 0.15) is 0 Å². The van der Waals surface area contributed by atoms with E-state index < -0.39 is 0 Å². The van der Waals surface area contributed by atoms with Gasteiger partial charge in [0, 0.05) is 30.7 Å². The van der Waals surface area contributed by atoms with Gasteiger partial charge in [0.2, 0.25) is 0 Å². The van der Waals surface area contributed by atoms with Gasteiger partial charge in [-0.05, 0) is 49.7 Å². The second-order valence-electron chi connectivity index (χ2n) is 6.14. The first-order valence-electron chi connectivity index (χ1n) is 7.72. The molecule has 5 nitrogen and oxygen atoms in total. The molecule has 0 spiro atoms. The fourth-order valence-electron chi connectivity index (χ4n) is 3.03. The zero-order valence-electron chi connectivity index (χ0n) is 12.2. The van der Waals surface area contributed by atoms with Gasteiger partial charge in [-0.1, -0.05) is 0 Å². The first-order valence-corrected chi connectivity index (χ1v) is 8.13. The molecule has 6 heteroatoms. The molecule has 1 saturated carbocycles. The summed E-state index contributed by atoms with van der Waals surface area (Å²) in [5, 5.41) is 0. The van der Waals surface area contributed by atoms with Crippen molar-refractivity contribution >= 4 is 29.2 Å². The number of hydrogen-bond donors (Lipinski definition) is 1. The Hall–Kier alpha value is -1.66. The number of rotatable bonds is 4. The number of H-pyrrole nitrogens is 1. The standard InChI is InChI=1S/C16H18N2O3S/c19-15(11-1-4-13-14(7-11)21-16(22)17-13)18(12-2-3-12)8-10-5-6-20-9-10/h1,4,7,10,12H,2-3,5-6,8-9H2,(H,17,22)/t10-/m1/s1. The van der Waals surface area contributed by atoms with Crippen LogP contribution in [0, 0.1) is 10.8 Å². The summed E-state index contributed by atoms with van der Waals surface area (Å²) in [5.74, 6) is 0.545. The summed E-state index contributed by atoms with van der Waals surface area (Å²) >= 11 is 4.99. The van der Waals surface area contributed by atoms with Crippen molar-refractivity contribution in [2.24, 2.45) is 5.92 Å². The SMILES string of the molecule is O=C(c1ccc2[nH]c(=S)oc2c1)N(C[C@H]1CCOC1)C1CC1. The highest BCUT2D eigenvalue weighted by molar-refractivity contribution is 7.71. The van der Waals surface area contributed by atoms with Crippen LogP contribution in [0.3, 0.4) is 0 Å². The molecular weight excluding hydrogens is 300 g/mol. The molecule has 4 rings (SSSR count). The molecule has 0 radical (unpaired) electrons. The van der Waals surface area contributed by atoms with Gasteiger partial charge in [-0.25, -0.2) is 0 Å². The van der Waals surface area contributed by atoms with Gasteiger partial charge in [0.25, 0.3) is 10.7 Å². The topological polar surface area (TPSA) is 58.5 Å². The van der Waals surface area contributed by atoms with Gasteiger partial charge < -0.3 is 19.0 Å². The zero-order chi connectivity index (χ0) is 15.1. The third-order valence-corrected chi connectivity index (χ3v) is 4.58. The van der Waals surface area contributed by atoms with E-state index in [1.807, 2.05) is 17.0 Å². The highest BCUT2D eigenvalue weighted by Gasteiger charge is 2.35. The molecule has 22 heavy (non-hydrogen) atoms. The summed E-state index contributed by atoms with van der Waals surface area (Å²) in [7, 11) is 0. The lowest BCUT2D eigenvalue weighted by atomic mass is 10.1. The maximum Gasteiger partial charge on any atom is 0.266 e. The number of fused-ring (bicyclic) bond motifs is 1. The molecule has 2 fully saturated rings. The molecule has 1 atom stereocenters. The Morgan fingerprint density at radius 1 is 1.36 bits per heavy atom. The molecule has 2 aromatic rings. The second-order valence-corrected chi connectivity index (χ2v) is 6.51. The lowest BCUT2D eigenvalue weighted by Gasteiger charge is -2.25. The second kappa shape index (κ2) is 5.52. The van der Waals surface area contributed by atoms with Gasteiger partial charge >= 0.3 is 0 Å². The number of hydrogen-bond acceptors (Lipinski definition) is 4. The number of benzene rings is 1. The third-order valence-electron chi connectivity index (χ3n) is 4.40. The minimum atomic E-state index is 0.0821. The van der Waals surface area contributed by atoms with Crippen LogP contribution in [0.5, 0.6) is 0 Å². The normalized spacial score (nSPS) is 21.4. The molecular formula is C16H18N2O3S. The van der Waals surface area contributed by atoms with E-state index >= 15 is 0 Å². The zero-order valence-corrected chi connectivity index (χ0v) is 13.0. The summed E-state index contributed by atoms with van der Waals surface area (Å²) in [6.07, 6.45) is 3.25. The summed E-state index contributed by atoms with van der Waals surface area (Å²) < 4.78 is 10.9. The molecule has 1 aromatic heterocycles. The molecule has 0 unspecified atom stereocenters. The van der Waals surface area contributed by atoms with Crippen LogP contribution in [0.25, 0.3) is 11.1 Å². The van der Waals surface area contributed by atoms with E-state index in [0.717, 1.165) is 44.5 Å². The molecule has 2 heterocycles. The van der Waals surface area contributed by atoms with Crippen molar-refractivity contribution in [3.63, 3.8) is 0 Å². The van der Waals surface area contributed by atoms with E-state index in [1.165, 1.54) is 0 Å². The van der Waals surface area contributed by atoms with Crippen molar-refractivity contribution in [3.05, 3.63) is 28.6 Å². The maximum absolute atomic E-state index is 12.9. The van der Waals surface area contributed by atoms with Crippen LogP contribution in [0.1, 0.15) is 29.6 Å². The average molecular weight is 318 g/mol. The molecule has 1 amide bonds. The summed E-state index contributed by atoms with van der Waals surface area (Å²) in [4.78, 5) is 18.2. The van der Waals surface area contributed by atoms with Gasteiger partial charge in [0.15, 0.2) is 5.58 Å². The number of nitrogens with zero attached hydrogens (tertiary/aromatic N) is 1. The maximum atomic E-state index is 12.9. The van der Waals surface area contributed by atoms with E-state index in [9.17, 15) is 4.79 Å². The van der Waals surface area contributed by atoms with Gasteiger partial charge in [-0.15, -0.1) is 0 Å². The smallest absolute Gasteiger partial charge is 0.266 e. The summed E-state index contributed by atoms with van der Waals surface area (Å²) in [5.41, 5.74) is 2.12. The molecule has 1 aliphatic carbocycles. The van der Waals surface area contributed by atoms with Crippen LogP contribution in [0.2, 0.25) is 0 Å². The molecule has 1 aliphatic heterocycles. The Kier molecular flexibility index (Phi) is 3.50. The Balaban J connectivity index is 1.59. The van der Waals surface area contributed by atoms with Crippen LogP contribution >= 0.6 is 12.2 Å². The van der Waals surface area contributed by atoms with E-state index in [4.69, 9.17) is 21.4 Å². The van der Waals surface area contributed by atoms with Gasteiger partial charge in [0.05, 0.1) is 12.1 Å². The molecule has 116 valence electrons. The molecule has 1 aromatic carbocycles. The predicted octanol–water partition coefficient (Wildman–Crippen LogP) is 3.13. The van der Waals surface area contributed by atoms with Crippen molar-refractivity contribution in [2.45, 2.75) is 25.3 Å². The Morgan fingerprint density at radius 2 is 2.23 bits per heavy atom. The fourth-order valence-corrected chi connectivity index (χ4v) is 3.23. The van der Waals surface area contributed by atoms with Crippen molar-refractivity contribution < 1.29 is 13.9 Å². The lowest BCUT2D eigenvalue weighted by Crippen LogP contribution is -2.37. The van der Waals surface area contributed by atoms with Crippen LogP contribution < -0.4 is 0 Å². The van der Waals surface area contributed by atoms with Gasteiger partial charge in [-0.3, -0.25) is 4.79 Å². The van der Waals surface area contributed by atoms with Crippen LogP contribution in [-0.4, -0.2) is 41.6 Å². The monoisotopic (exact) mass is 318 g/mol. The Bertz CT molecular complexity index is 756.